The summed E-state index contributed by atoms with van der Waals surface area (Å²) in [4.78, 5) is 9.36. The monoisotopic (exact) mass is 302 g/mol. The first-order valence-electron chi connectivity index (χ1n) is 8.39. The van der Waals surface area contributed by atoms with Crippen molar-refractivity contribution in [3.8, 4) is 0 Å². The van der Waals surface area contributed by atoms with Crippen molar-refractivity contribution in [2.24, 2.45) is 10.9 Å². The minimum atomic E-state index is 0.737. The summed E-state index contributed by atoms with van der Waals surface area (Å²) in [5.41, 5.74) is 2.48. The van der Waals surface area contributed by atoms with Gasteiger partial charge in [0.25, 0.3) is 0 Å². The molecule has 0 aliphatic carbocycles. The standard InChI is InChI=1S/C18H30N4/c1-5-19-18(22-12-6-7-15(2)14-22)20-13-16-8-10-17(11-9-16)21(3)4/h8-11,15H,5-7,12-14H2,1-4H3,(H,19,20). The first kappa shape index (κ1) is 16.7. The lowest BCUT2D eigenvalue weighted by molar-refractivity contribution is 0.266. The minimum Gasteiger partial charge on any atom is -0.378 e. The molecule has 1 atom stereocenters. The summed E-state index contributed by atoms with van der Waals surface area (Å²) >= 11 is 0. The lowest BCUT2D eigenvalue weighted by Gasteiger charge is -2.33. The van der Waals surface area contributed by atoms with Crippen LogP contribution in [0.15, 0.2) is 29.3 Å². The second-order valence-corrected chi connectivity index (χ2v) is 6.42. The van der Waals surface area contributed by atoms with Gasteiger partial charge in [-0.2, -0.15) is 0 Å². The number of nitrogens with one attached hydrogen (secondary N) is 1. The van der Waals surface area contributed by atoms with Gasteiger partial charge in [-0.15, -0.1) is 0 Å². The van der Waals surface area contributed by atoms with Crippen LogP contribution in [-0.2, 0) is 6.54 Å². The molecule has 1 aromatic rings. The van der Waals surface area contributed by atoms with E-state index in [1.54, 1.807) is 0 Å². The Labute approximate surface area is 135 Å². The SMILES string of the molecule is CCNC(=NCc1ccc(N(C)C)cc1)N1CCCC(C)C1. The zero-order valence-corrected chi connectivity index (χ0v) is 14.5. The third-order valence-corrected chi connectivity index (χ3v) is 4.16. The van der Waals surface area contributed by atoms with Gasteiger partial charge in [0.05, 0.1) is 6.54 Å². The number of aliphatic imine (C=N–C) groups is 1. The number of anilines is 1. The zero-order chi connectivity index (χ0) is 15.9. The third-order valence-electron chi connectivity index (χ3n) is 4.16. The molecule has 0 bridgehead atoms. The van der Waals surface area contributed by atoms with Crippen molar-refractivity contribution in [1.82, 2.24) is 10.2 Å². The maximum Gasteiger partial charge on any atom is 0.194 e. The molecule has 4 nitrogen and oxygen atoms in total. The number of likely N-dealkylation sites (tertiary alicyclic amines) is 1. The fraction of sp³-hybridized carbons (Fsp3) is 0.611. The van der Waals surface area contributed by atoms with Gasteiger partial charge < -0.3 is 15.1 Å². The highest BCUT2D eigenvalue weighted by Gasteiger charge is 2.18. The average molecular weight is 302 g/mol. The van der Waals surface area contributed by atoms with Crippen LogP contribution in [0.2, 0.25) is 0 Å². The maximum atomic E-state index is 4.83. The molecule has 1 saturated heterocycles. The smallest absolute Gasteiger partial charge is 0.194 e. The van der Waals surface area contributed by atoms with Crippen molar-refractivity contribution >= 4 is 11.6 Å². The third kappa shape index (κ3) is 4.65. The van der Waals surface area contributed by atoms with Gasteiger partial charge in [0, 0.05) is 39.4 Å². The Morgan fingerprint density at radius 1 is 1.32 bits per heavy atom. The van der Waals surface area contributed by atoms with Gasteiger partial charge in [-0.1, -0.05) is 19.1 Å². The molecule has 1 aromatic carbocycles. The van der Waals surface area contributed by atoms with Gasteiger partial charge in [0.2, 0.25) is 0 Å². The van der Waals surface area contributed by atoms with Crippen LogP contribution in [-0.4, -0.2) is 44.6 Å². The number of piperidine rings is 1. The molecular weight excluding hydrogens is 272 g/mol. The lowest BCUT2D eigenvalue weighted by atomic mass is 10.0. The molecule has 0 aromatic heterocycles. The van der Waals surface area contributed by atoms with E-state index in [1.807, 2.05) is 0 Å². The van der Waals surface area contributed by atoms with Crippen molar-refractivity contribution in [2.75, 3.05) is 38.6 Å². The molecule has 1 aliphatic heterocycles. The Morgan fingerprint density at radius 2 is 2.05 bits per heavy atom. The fourth-order valence-electron chi connectivity index (χ4n) is 2.87. The van der Waals surface area contributed by atoms with Crippen molar-refractivity contribution in [2.45, 2.75) is 33.2 Å². The van der Waals surface area contributed by atoms with E-state index in [9.17, 15) is 0 Å². The molecule has 1 aliphatic rings. The van der Waals surface area contributed by atoms with E-state index >= 15 is 0 Å². The van der Waals surface area contributed by atoms with Gasteiger partial charge in [0.15, 0.2) is 5.96 Å². The predicted octanol–water partition coefficient (Wildman–Crippen LogP) is 2.95. The van der Waals surface area contributed by atoms with E-state index < -0.39 is 0 Å². The fourth-order valence-corrected chi connectivity index (χ4v) is 2.87. The summed E-state index contributed by atoms with van der Waals surface area (Å²) in [6, 6.07) is 8.64. The topological polar surface area (TPSA) is 30.9 Å². The summed E-state index contributed by atoms with van der Waals surface area (Å²) < 4.78 is 0. The van der Waals surface area contributed by atoms with Crippen molar-refractivity contribution in [1.29, 1.82) is 0 Å². The van der Waals surface area contributed by atoms with E-state index in [-0.39, 0.29) is 0 Å². The van der Waals surface area contributed by atoms with Crippen LogP contribution < -0.4 is 10.2 Å². The van der Waals surface area contributed by atoms with Crippen LogP contribution in [0.5, 0.6) is 0 Å². The van der Waals surface area contributed by atoms with E-state index in [0.717, 1.165) is 38.1 Å². The number of benzene rings is 1. The Balaban J connectivity index is 2.02. The van der Waals surface area contributed by atoms with Crippen molar-refractivity contribution in [3.05, 3.63) is 29.8 Å². The molecule has 122 valence electrons. The van der Waals surface area contributed by atoms with Gasteiger partial charge in [0.1, 0.15) is 0 Å². The van der Waals surface area contributed by atoms with E-state index in [1.165, 1.54) is 24.1 Å². The molecule has 4 heteroatoms. The average Bonchev–Trinajstić information content (AvgIpc) is 2.52. The molecule has 0 saturated carbocycles. The van der Waals surface area contributed by atoms with Crippen molar-refractivity contribution in [3.63, 3.8) is 0 Å². The molecule has 22 heavy (non-hydrogen) atoms. The zero-order valence-electron chi connectivity index (χ0n) is 14.5. The predicted molar refractivity (Wildman–Crippen MR) is 95.6 cm³/mol. The highest BCUT2D eigenvalue weighted by atomic mass is 15.3. The number of guanidine groups is 1. The van der Waals surface area contributed by atoms with Crippen LogP contribution in [0.3, 0.4) is 0 Å². The molecule has 0 amide bonds. The normalized spacial score (nSPS) is 19.2. The molecule has 1 unspecified atom stereocenters. The molecular formula is C18H30N4. The molecule has 1 fully saturated rings. The lowest BCUT2D eigenvalue weighted by Crippen LogP contribution is -2.46. The number of hydrogen-bond acceptors (Lipinski definition) is 2. The van der Waals surface area contributed by atoms with Gasteiger partial charge in [-0.25, -0.2) is 4.99 Å². The molecule has 2 rings (SSSR count). The Kier molecular flexibility index (Phi) is 6.10. The highest BCUT2D eigenvalue weighted by molar-refractivity contribution is 5.80. The molecule has 1 heterocycles. The highest BCUT2D eigenvalue weighted by Crippen LogP contribution is 2.16. The molecule has 0 spiro atoms. The molecule has 0 radical (unpaired) electrons. The van der Waals surface area contributed by atoms with E-state index in [2.05, 4.69) is 67.3 Å². The summed E-state index contributed by atoms with van der Waals surface area (Å²) in [6.45, 7) is 8.36. The number of nitrogens with zero attached hydrogens (tertiary/aromatic N) is 3. The van der Waals surface area contributed by atoms with E-state index in [0.29, 0.717) is 0 Å². The van der Waals surface area contributed by atoms with Crippen LogP contribution in [0.4, 0.5) is 5.69 Å². The quantitative estimate of drug-likeness (QED) is 0.685. The van der Waals surface area contributed by atoms with Crippen LogP contribution >= 0.6 is 0 Å². The maximum absolute atomic E-state index is 4.83. The van der Waals surface area contributed by atoms with Crippen LogP contribution in [0.1, 0.15) is 32.3 Å². The summed E-state index contributed by atoms with van der Waals surface area (Å²) in [6.07, 6.45) is 2.60. The van der Waals surface area contributed by atoms with Gasteiger partial charge in [-0.3, -0.25) is 0 Å². The number of rotatable bonds is 4. The summed E-state index contributed by atoms with van der Waals surface area (Å²) in [5, 5.41) is 3.44. The minimum absolute atomic E-state index is 0.737. The Morgan fingerprint density at radius 3 is 2.64 bits per heavy atom. The second-order valence-electron chi connectivity index (χ2n) is 6.42. The largest absolute Gasteiger partial charge is 0.378 e. The summed E-state index contributed by atoms with van der Waals surface area (Å²) in [5.74, 6) is 1.82. The van der Waals surface area contributed by atoms with Crippen molar-refractivity contribution < 1.29 is 0 Å². The summed E-state index contributed by atoms with van der Waals surface area (Å²) in [7, 11) is 4.13. The first-order valence-corrected chi connectivity index (χ1v) is 8.39. The second kappa shape index (κ2) is 8.06. The Hall–Kier alpha value is -1.71. The van der Waals surface area contributed by atoms with Crippen LogP contribution in [0.25, 0.3) is 0 Å². The van der Waals surface area contributed by atoms with Gasteiger partial charge >= 0.3 is 0 Å². The Bertz CT molecular complexity index is 478. The van der Waals surface area contributed by atoms with Crippen LogP contribution in [0, 0.1) is 5.92 Å². The number of hydrogen-bond donors (Lipinski definition) is 1. The van der Waals surface area contributed by atoms with E-state index in [4.69, 9.17) is 4.99 Å². The van der Waals surface area contributed by atoms with Gasteiger partial charge in [-0.05, 0) is 43.4 Å². The molecule has 1 N–H and O–H groups in total. The first-order chi connectivity index (χ1) is 10.6.